The van der Waals surface area contributed by atoms with Crippen LogP contribution in [0.15, 0.2) is 72.8 Å². The summed E-state index contributed by atoms with van der Waals surface area (Å²) in [6.07, 6.45) is 9.76. The quantitative estimate of drug-likeness (QED) is 0.0973. The molecule has 0 radical (unpaired) electrons. The van der Waals surface area contributed by atoms with E-state index in [0.717, 1.165) is 62.5 Å². The van der Waals surface area contributed by atoms with E-state index in [2.05, 4.69) is 4.85 Å². The summed E-state index contributed by atoms with van der Waals surface area (Å²) in [5.74, 6) is -4.20. The van der Waals surface area contributed by atoms with Gasteiger partial charge in [0.25, 0.3) is 0 Å². The van der Waals surface area contributed by atoms with Gasteiger partial charge in [-0.1, -0.05) is 92.8 Å². The highest BCUT2D eigenvalue weighted by Gasteiger charge is 2.15. The van der Waals surface area contributed by atoms with Crippen LogP contribution in [0.25, 0.3) is 27.1 Å². The molecule has 4 rings (SSSR count). The van der Waals surface area contributed by atoms with E-state index in [-0.39, 0.29) is 22.4 Å². The van der Waals surface area contributed by atoms with Crippen LogP contribution in [0, 0.1) is 41.2 Å². The van der Waals surface area contributed by atoms with E-state index < -0.39 is 23.3 Å². The van der Waals surface area contributed by atoms with Gasteiger partial charge in [0.1, 0.15) is 6.07 Å². The second-order valence-electron chi connectivity index (χ2n) is 10.1. The molecule has 0 N–H and O–H groups in total. The third-order valence-electron chi connectivity index (χ3n) is 7.35. The molecule has 6 heteroatoms. The predicted molar refractivity (Wildman–Crippen MR) is 154 cm³/mol. The predicted octanol–water partition coefficient (Wildman–Crippen LogP) is 10.5. The number of nitriles is 1. The lowest BCUT2D eigenvalue weighted by Gasteiger charge is -2.08. The second-order valence-corrected chi connectivity index (χ2v) is 10.1. The van der Waals surface area contributed by atoms with Gasteiger partial charge in [-0.25, -0.2) is 22.4 Å². The zero-order chi connectivity index (χ0) is 29.2. The number of hydrogen-bond acceptors (Lipinski definition) is 1. The summed E-state index contributed by atoms with van der Waals surface area (Å²) in [5.41, 5.74) is 3.19. The molecular weight excluding hydrogens is 524 g/mol. The Bertz CT molecular complexity index is 1440. The van der Waals surface area contributed by atoms with Gasteiger partial charge in [-0.2, -0.15) is 5.26 Å². The number of aryl methyl sites for hydroxylation is 2. The first-order valence-electron chi connectivity index (χ1n) is 13.8. The molecule has 0 fully saturated rings. The number of nitrogens with zero attached hydrogens (tertiary/aromatic N) is 2. The van der Waals surface area contributed by atoms with E-state index in [4.69, 9.17) is 11.8 Å². The van der Waals surface area contributed by atoms with Crippen molar-refractivity contribution in [1.29, 1.82) is 5.26 Å². The van der Waals surface area contributed by atoms with E-state index in [1.807, 2.05) is 24.3 Å². The average Bonchev–Trinajstić information content (AvgIpc) is 3.00. The highest BCUT2D eigenvalue weighted by molar-refractivity contribution is 5.68. The molecule has 4 aromatic rings. The zero-order valence-electron chi connectivity index (χ0n) is 22.7. The number of benzene rings is 4. The van der Waals surface area contributed by atoms with Crippen LogP contribution in [0.3, 0.4) is 0 Å². The lowest BCUT2D eigenvalue weighted by molar-refractivity contribution is 0.509. The fourth-order valence-electron chi connectivity index (χ4n) is 4.95. The normalized spacial score (nSPS) is 10.8. The summed E-state index contributed by atoms with van der Waals surface area (Å²) in [5, 5.41) is 8.84. The summed E-state index contributed by atoms with van der Waals surface area (Å²) in [7, 11) is 0. The number of hydrogen-bond donors (Lipinski definition) is 0. The summed E-state index contributed by atoms with van der Waals surface area (Å²) < 4.78 is 56.4. The van der Waals surface area contributed by atoms with Crippen LogP contribution < -0.4 is 0 Å². The van der Waals surface area contributed by atoms with Gasteiger partial charge in [-0.3, -0.25) is 0 Å². The number of rotatable bonds is 12. The van der Waals surface area contributed by atoms with Crippen LogP contribution in [0.1, 0.15) is 61.6 Å². The van der Waals surface area contributed by atoms with E-state index in [0.29, 0.717) is 11.1 Å². The molecule has 2 nitrogen and oxygen atoms in total. The molecule has 0 atom stereocenters. The van der Waals surface area contributed by atoms with Gasteiger partial charge in [0, 0.05) is 11.1 Å². The third kappa shape index (κ3) is 7.41. The molecule has 0 amide bonds. The third-order valence-corrected chi connectivity index (χ3v) is 7.35. The summed E-state index contributed by atoms with van der Waals surface area (Å²) in [6, 6.07) is 22.1. The molecule has 208 valence electrons. The van der Waals surface area contributed by atoms with E-state index in [9.17, 15) is 17.6 Å². The van der Waals surface area contributed by atoms with Crippen molar-refractivity contribution < 1.29 is 17.6 Å². The lowest BCUT2D eigenvalue weighted by atomic mass is 9.99. The minimum absolute atomic E-state index is 0.154. The lowest BCUT2D eigenvalue weighted by Crippen LogP contribution is -1.94. The molecule has 0 aromatic heterocycles. The monoisotopic (exact) mass is 554 g/mol. The molecule has 0 spiro atoms. The second kappa shape index (κ2) is 14.3. The van der Waals surface area contributed by atoms with Crippen LogP contribution in [-0.2, 0) is 12.8 Å². The highest BCUT2D eigenvalue weighted by Crippen LogP contribution is 2.30. The molecule has 0 aliphatic carbocycles. The summed E-state index contributed by atoms with van der Waals surface area (Å²) >= 11 is 0. The molecule has 0 heterocycles. The van der Waals surface area contributed by atoms with Crippen molar-refractivity contribution in [2.45, 2.75) is 57.8 Å². The van der Waals surface area contributed by atoms with Crippen molar-refractivity contribution in [3.8, 4) is 28.3 Å². The van der Waals surface area contributed by atoms with Crippen LogP contribution in [0.2, 0.25) is 0 Å². The molecule has 4 aromatic carbocycles. The van der Waals surface area contributed by atoms with Crippen molar-refractivity contribution in [2.24, 2.45) is 0 Å². The standard InChI is InChI=1S/C35H30F4N2/c1-41-31-22-21-30(34(38)35(31)39)27-17-13-25(14-18-27)10-8-6-4-2-3-5-7-9-24-11-15-26(16-12-24)29-20-19-28(23-40)32(36)33(29)37/h11-22H,2-10H2. The molecule has 41 heavy (non-hydrogen) atoms. The van der Waals surface area contributed by atoms with Gasteiger partial charge >= 0.3 is 0 Å². The SMILES string of the molecule is [C-]#[N+]c1ccc(-c2ccc(CCCCCCCCCc3ccc(-c4ccc(C#N)c(F)c4F)cc3)cc2)c(F)c1F. The van der Waals surface area contributed by atoms with Crippen molar-refractivity contribution >= 4 is 5.69 Å². The van der Waals surface area contributed by atoms with Crippen molar-refractivity contribution in [1.82, 2.24) is 0 Å². The summed E-state index contributed by atoms with van der Waals surface area (Å²) in [4.78, 5) is 2.99. The first-order chi connectivity index (χ1) is 19.9. The molecule has 0 bridgehead atoms. The minimum atomic E-state index is -1.11. The van der Waals surface area contributed by atoms with Gasteiger partial charge in [-0.15, -0.1) is 0 Å². The van der Waals surface area contributed by atoms with Crippen molar-refractivity contribution in [2.75, 3.05) is 0 Å². The van der Waals surface area contributed by atoms with E-state index in [1.165, 1.54) is 30.7 Å². The molecule has 0 saturated heterocycles. The van der Waals surface area contributed by atoms with Crippen LogP contribution in [0.5, 0.6) is 0 Å². The van der Waals surface area contributed by atoms with Crippen LogP contribution in [-0.4, -0.2) is 0 Å². The Hall–Kier alpha value is -4.42. The van der Waals surface area contributed by atoms with Gasteiger partial charge in [0.05, 0.1) is 12.1 Å². The van der Waals surface area contributed by atoms with Gasteiger partial charge in [-0.05, 0) is 60.1 Å². The first-order valence-corrected chi connectivity index (χ1v) is 13.8. The van der Waals surface area contributed by atoms with Gasteiger partial charge in [0.2, 0.25) is 5.69 Å². The minimum Gasteiger partial charge on any atom is -0.235 e. The average molecular weight is 555 g/mol. The molecule has 0 aliphatic rings. The number of unbranched alkanes of at least 4 members (excludes halogenated alkanes) is 6. The Kier molecular flexibility index (Phi) is 10.3. The fourth-order valence-corrected chi connectivity index (χ4v) is 4.95. The zero-order valence-corrected chi connectivity index (χ0v) is 22.7. The number of halogens is 4. The maximum Gasteiger partial charge on any atom is 0.225 e. The van der Waals surface area contributed by atoms with E-state index in [1.54, 1.807) is 30.3 Å². The molecule has 0 aliphatic heterocycles. The van der Waals surface area contributed by atoms with Crippen molar-refractivity contribution in [3.63, 3.8) is 0 Å². The molecule has 0 saturated carbocycles. The summed E-state index contributed by atoms with van der Waals surface area (Å²) in [6.45, 7) is 6.90. The largest absolute Gasteiger partial charge is 0.235 e. The topological polar surface area (TPSA) is 28.1 Å². The van der Waals surface area contributed by atoms with E-state index >= 15 is 0 Å². The molecule has 0 unspecified atom stereocenters. The van der Waals surface area contributed by atoms with Crippen LogP contribution >= 0.6 is 0 Å². The first kappa shape index (κ1) is 29.6. The Labute approximate surface area is 238 Å². The maximum absolute atomic E-state index is 14.3. The van der Waals surface area contributed by atoms with Crippen LogP contribution in [0.4, 0.5) is 23.2 Å². The van der Waals surface area contributed by atoms with Gasteiger partial charge < -0.3 is 0 Å². The maximum atomic E-state index is 14.3. The fraction of sp³-hybridized carbons (Fsp3) is 0.257. The molecular formula is C35H30F4N2. The Morgan fingerprint density at radius 3 is 1.44 bits per heavy atom. The Balaban J connectivity index is 1.11. The Morgan fingerprint density at radius 1 is 0.537 bits per heavy atom. The smallest absolute Gasteiger partial charge is 0.225 e. The highest BCUT2D eigenvalue weighted by atomic mass is 19.2. The Morgan fingerprint density at radius 2 is 0.976 bits per heavy atom. The van der Waals surface area contributed by atoms with Gasteiger partial charge in [0.15, 0.2) is 23.3 Å². The van der Waals surface area contributed by atoms with Crippen molar-refractivity contribution in [3.05, 3.63) is 124 Å².